The maximum Gasteiger partial charge on any atom is 0.240 e. The lowest BCUT2D eigenvalue weighted by molar-refractivity contribution is -0.130. The summed E-state index contributed by atoms with van der Waals surface area (Å²) in [4.78, 5) is 26.7. The van der Waals surface area contributed by atoms with Crippen molar-refractivity contribution in [3.63, 3.8) is 0 Å². The highest BCUT2D eigenvalue weighted by Gasteiger charge is 2.30. The summed E-state index contributed by atoms with van der Waals surface area (Å²) >= 11 is 0. The Morgan fingerprint density at radius 2 is 1.86 bits per heavy atom. The number of hydrogen-bond donors (Lipinski definition) is 3. The van der Waals surface area contributed by atoms with E-state index in [-0.39, 0.29) is 54.8 Å². The third-order valence-electron chi connectivity index (χ3n) is 4.96. The Balaban J connectivity index is 0.00000196. The van der Waals surface area contributed by atoms with Crippen LogP contribution in [0.5, 0.6) is 0 Å². The highest BCUT2D eigenvalue weighted by Crippen LogP contribution is 2.12. The smallest absolute Gasteiger partial charge is 0.240 e. The minimum atomic E-state index is -0.279. The van der Waals surface area contributed by atoms with Gasteiger partial charge in [0.2, 0.25) is 11.8 Å². The van der Waals surface area contributed by atoms with Gasteiger partial charge in [-0.3, -0.25) is 14.5 Å². The Hall–Kier alpha value is -1.38. The van der Waals surface area contributed by atoms with E-state index in [0.29, 0.717) is 19.7 Å². The number of hydrogen-bond acceptors (Lipinski definition) is 5. The molecule has 2 heterocycles. The summed E-state index contributed by atoms with van der Waals surface area (Å²) in [6.45, 7) is 5.26. The van der Waals surface area contributed by atoms with Crippen molar-refractivity contribution in [3.8, 4) is 0 Å². The molecule has 2 aliphatic rings. The third kappa shape index (κ3) is 7.22. The molecule has 0 unspecified atom stereocenters. The first kappa shape index (κ1) is 24.7. The van der Waals surface area contributed by atoms with E-state index < -0.39 is 0 Å². The Labute approximate surface area is 178 Å². The van der Waals surface area contributed by atoms with Gasteiger partial charge in [-0.1, -0.05) is 18.2 Å². The quantitative estimate of drug-likeness (QED) is 0.655. The summed E-state index contributed by atoms with van der Waals surface area (Å²) in [5.74, 6) is 0.00790. The van der Waals surface area contributed by atoms with Gasteiger partial charge in [-0.15, -0.1) is 24.8 Å². The Morgan fingerprint density at radius 1 is 1.18 bits per heavy atom. The molecule has 2 amide bonds. The largest absolute Gasteiger partial charge is 0.375 e. The molecule has 28 heavy (non-hydrogen) atoms. The van der Waals surface area contributed by atoms with Crippen molar-refractivity contribution < 1.29 is 14.3 Å². The predicted molar refractivity (Wildman–Crippen MR) is 114 cm³/mol. The van der Waals surface area contributed by atoms with Gasteiger partial charge in [0.25, 0.3) is 0 Å². The average molecular weight is 433 g/mol. The summed E-state index contributed by atoms with van der Waals surface area (Å²) in [7, 11) is 0. The number of para-hydroxylation sites is 1. The fourth-order valence-electron chi connectivity index (χ4n) is 3.48. The van der Waals surface area contributed by atoms with E-state index in [1.54, 1.807) is 0 Å². The van der Waals surface area contributed by atoms with E-state index in [0.717, 1.165) is 31.6 Å². The summed E-state index contributed by atoms with van der Waals surface area (Å²) in [6.07, 6.45) is 1.60. The van der Waals surface area contributed by atoms with Gasteiger partial charge >= 0.3 is 0 Å². The van der Waals surface area contributed by atoms with Gasteiger partial charge in [0, 0.05) is 31.4 Å². The fourth-order valence-corrected chi connectivity index (χ4v) is 3.48. The standard InChI is InChI=1S/C19H28N4O3.2ClH/c1-14-18(20-9-12-26-14)19(25)22-16-7-10-23(11-8-16)13-17(24)21-15-5-3-2-4-6-15;;/h2-6,14,16,18,20H,7-13H2,1H3,(H,21,24)(H,22,25);2*1H/t14-,18+;;/m1../s1. The van der Waals surface area contributed by atoms with Crippen LogP contribution in [-0.2, 0) is 14.3 Å². The van der Waals surface area contributed by atoms with E-state index in [4.69, 9.17) is 4.74 Å². The Morgan fingerprint density at radius 3 is 2.50 bits per heavy atom. The van der Waals surface area contributed by atoms with E-state index in [2.05, 4.69) is 20.9 Å². The van der Waals surface area contributed by atoms with Gasteiger partial charge in [-0.2, -0.15) is 0 Å². The number of carbonyl (C=O) groups is 2. The van der Waals surface area contributed by atoms with Crippen molar-refractivity contribution >= 4 is 42.3 Å². The maximum atomic E-state index is 12.4. The molecule has 0 bridgehead atoms. The first-order valence-electron chi connectivity index (χ1n) is 9.34. The number of ether oxygens (including phenoxy) is 1. The summed E-state index contributed by atoms with van der Waals surface area (Å²) in [5, 5.41) is 9.25. The molecule has 2 atom stereocenters. The van der Waals surface area contributed by atoms with Crippen molar-refractivity contribution in [3.05, 3.63) is 30.3 Å². The van der Waals surface area contributed by atoms with E-state index in [9.17, 15) is 9.59 Å². The fraction of sp³-hybridized carbons (Fsp3) is 0.579. The molecule has 3 rings (SSSR count). The molecule has 0 saturated carbocycles. The van der Waals surface area contributed by atoms with Gasteiger partial charge in [0.15, 0.2) is 0 Å². The minimum Gasteiger partial charge on any atom is -0.375 e. The van der Waals surface area contributed by atoms with Gasteiger partial charge in [0.05, 0.1) is 19.3 Å². The molecule has 158 valence electrons. The van der Waals surface area contributed by atoms with E-state index in [1.807, 2.05) is 37.3 Å². The van der Waals surface area contributed by atoms with Crippen molar-refractivity contribution in [1.29, 1.82) is 0 Å². The van der Waals surface area contributed by atoms with E-state index >= 15 is 0 Å². The lowest BCUT2D eigenvalue weighted by atomic mass is 10.0. The van der Waals surface area contributed by atoms with Crippen molar-refractivity contribution in [2.45, 2.75) is 38.0 Å². The van der Waals surface area contributed by atoms with Gasteiger partial charge in [-0.25, -0.2) is 0 Å². The van der Waals surface area contributed by atoms with Crippen LogP contribution in [0.2, 0.25) is 0 Å². The number of piperidine rings is 1. The van der Waals surface area contributed by atoms with Crippen LogP contribution in [0.25, 0.3) is 0 Å². The number of rotatable bonds is 5. The summed E-state index contributed by atoms with van der Waals surface area (Å²) in [5.41, 5.74) is 0.816. The normalized spacial score (nSPS) is 23.0. The number of nitrogens with one attached hydrogen (secondary N) is 3. The van der Waals surface area contributed by atoms with Crippen molar-refractivity contribution in [2.24, 2.45) is 0 Å². The monoisotopic (exact) mass is 432 g/mol. The van der Waals surface area contributed by atoms with Crippen LogP contribution in [0, 0.1) is 0 Å². The molecule has 9 heteroatoms. The van der Waals surface area contributed by atoms with Gasteiger partial charge < -0.3 is 20.7 Å². The molecule has 2 aliphatic heterocycles. The number of halogens is 2. The number of carbonyl (C=O) groups excluding carboxylic acids is 2. The molecule has 1 aromatic carbocycles. The van der Waals surface area contributed by atoms with E-state index in [1.165, 1.54) is 0 Å². The first-order valence-corrected chi connectivity index (χ1v) is 9.34. The van der Waals surface area contributed by atoms with Crippen LogP contribution in [-0.4, -0.2) is 67.7 Å². The number of morpholine rings is 1. The van der Waals surface area contributed by atoms with Crippen LogP contribution in [0.15, 0.2) is 30.3 Å². The molecule has 0 radical (unpaired) electrons. The maximum absolute atomic E-state index is 12.4. The van der Waals surface area contributed by atoms with Crippen molar-refractivity contribution in [1.82, 2.24) is 15.5 Å². The molecular formula is C19H30Cl2N4O3. The first-order chi connectivity index (χ1) is 12.6. The van der Waals surface area contributed by atoms with Gasteiger partial charge in [-0.05, 0) is 31.9 Å². The highest BCUT2D eigenvalue weighted by atomic mass is 35.5. The van der Waals surface area contributed by atoms with Gasteiger partial charge in [0.1, 0.15) is 6.04 Å². The third-order valence-corrected chi connectivity index (χ3v) is 4.96. The second-order valence-electron chi connectivity index (χ2n) is 6.98. The molecule has 1 aromatic rings. The lowest BCUT2D eigenvalue weighted by Crippen LogP contribution is -2.58. The molecule has 2 saturated heterocycles. The SMILES string of the molecule is C[C@H]1OCCN[C@@H]1C(=O)NC1CCN(CC(=O)Nc2ccccc2)CC1.Cl.Cl. The second kappa shape index (κ2) is 12.2. The second-order valence-corrected chi connectivity index (χ2v) is 6.98. The molecule has 2 fully saturated rings. The molecule has 0 aromatic heterocycles. The highest BCUT2D eigenvalue weighted by molar-refractivity contribution is 5.92. The minimum absolute atomic E-state index is 0. The number of likely N-dealkylation sites (tertiary alicyclic amines) is 1. The zero-order valence-corrected chi connectivity index (χ0v) is 17.7. The number of benzene rings is 1. The van der Waals surface area contributed by atoms with Crippen LogP contribution >= 0.6 is 24.8 Å². The molecule has 0 spiro atoms. The molecule has 3 N–H and O–H groups in total. The molecule has 7 nitrogen and oxygen atoms in total. The van der Waals surface area contributed by atoms with Crippen LogP contribution in [0.1, 0.15) is 19.8 Å². The Kier molecular flexibility index (Phi) is 10.8. The predicted octanol–water partition coefficient (Wildman–Crippen LogP) is 1.43. The Bertz CT molecular complexity index is 612. The number of nitrogens with zero attached hydrogens (tertiary/aromatic N) is 1. The average Bonchev–Trinajstić information content (AvgIpc) is 2.64. The van der Waals surface area contributed by atoms with Crippen LogP contribution in [0.3, 0.4) is 0 Å². The topological polar surface area (TPSA) is 82.7 Å². The zero-order chi connectivity index (χ0) is 18.4. The van der Waals surface area contributed by atoms with Crippen molar-refractivity contribution in [2.75, 3.05) is 38.1 Å². The molecular weight excluding hydrogens is 403 g/mol. The van der Waals surface area contributed by atoms with Crippen LogP contribution < -0.4 is 16.0 Å². The number of anilines is 1. The number of amides is 2. The lowest BCUT2D eigenvalue weighted by Gasteiger charge is -2.34. The summed E-state index contributed by atoms with van der Waals surface area (Å²) in [6, 6.07) is 9.36. The zero-order valence-electron chi connectivity index (χ0n) is 16.1. The van der Waals surface area contributed by atoms with Crippen LogP contribution in [0.4, 0.5) is 5.69 Å². The molecule has 0 aliphatic carbocycles. The summed E-state index contributed by atoms with van der Waals surface area (Å²) < 4.78 is 5.53.